The van der Waals surface area contributed by atoms with E-state index < -0.39 is 0 Å². The number of nitrogens with zero attached hydrogens (tertiary/aromatic N) is 2. The summed E-state index contributed by atoms with van der Waals surface area (Å²) in [5.41, 5.74) is 4.45. The Balaban J connectivity index is 1.74. The maximum atomic E-state index is 5.86. The van der Waals surface area contributed by atoms with Crippen molar-refractivity contribution in [2.45, 2.75) is 27.4 Å². The molecule has 0 radical (unpaired) electrons. The molecule has 118 valence electrons. The third-order valence-corrected chi connectivity index (χ3v) is 4.40. The molecule has 0 saturated heterocycles. The van der Waals surface area contributed by atoms with Gasteiger partial charge in [0.2, 0.25) is 5.82 Å². The maximum absolute atomic E-state index is 5.86. The first-order valence-corrected chi connectivity index (χ1v) is 8.40. The van der Waals surface area contributed by atoms with Gasteiger partial charge in [-0.2, -0.15) is 4.98 Å². The van der Waals surface area contributed by atoms with Gasteiger partial charge in [-0.05, 0) is 78.3 Å². The summed E-state index contributed by atoms with van der Waals surface area (Å²) in [6, 6.07) is 12.2. The first-order chi connectivity index (χ1) is 11.0. The second-order valence-corrected chi connectivity index (χ2v) is 6.76. The summed E-state index contributed by atoms with van der Waals surface area (Å²) in [5.74, 6) is 1.91. The first kappa shape index (κ1) is 16.0. The molecule has 3 rings (SSSR count). The zero-order chi connectivity index (χ0) is 16.4. The molecule has 1 heterocycles. The third kappa shape index (κ3) is 3.72. The van der Waals surface area contributed by atoms with E-state index in [2.05, 4.69) is 59.6 Å². The SMILES string of the molecule is Cc1cc(C)c(C)c(OCc2nc(-c3ccc(I)cc3)no2)c1. The highest BCUT2D eigenvalue weighted by Crippen LogP contribution is 2.24. The predicted octanol–water partition coefficient (Wildman–Crippen LogP) is 4.85. The van der Waals surface area contributed by atoms with Crippen LogP contribution in [0.25, 0.3) is 11.4 Å². The second-order valence-electron chi connectivity index (χ2n) is 5.51. The Morgan fingerprint density at radius 3 is 2.57 bits per heavy atom. The lowest BCUT2D eigenvalue weighted by atomic mass is 10.1. The maximum Gasteiger partial charge on any atom is 0.264 e. The van der Waals surface area contributed by atoms with Crippen LogP contribution >= 0.6 is 22.6 Å². The topological polar surface area (TPSA) is 48.2 Å². The molecule has 0 spiro atoms. The Kier molecular flexibility index (Phi) is 4.66. The van der Waals surface area contributed by atoms with Crippen LogP contribution in [0.3, 0.4) is 0 Å². The number of aryl methyl sites for hydroxylation is 2. The average Bonchev–Trinajstić information content (AvgIpc) is 2.99. The van der Waals surface area contributed by atoms with Gasteiger partial charge in [-0.3, -0.25) is 0 Å². The minimum absolute atomic E-state index is 0.265. The van der Waals surface area contributed by atoms with Gasteiger partial charge >= 0.3 is 0 Å². The van der Waals surface area contributed by atoms with E-state index >= 15 is 0 Å². The zero-order valence-electron chi connectivity index (χ0n) is 13.3. The van der Waals surface area contributed by atoms with Gasteiger partial charge < -0.3 is 9.26 Å². The second kappa shape index (κ2) is 6.70. The Hall–Kier alpha value is -1.89. The molecule has 0 amide bonds. The van der Waals surface area contributed by atoms with Gasteiger partial charge in [0.1, 0.15) is 5.75 Å². The molecule has 4 nitrogen and oxygen atoms in total. The smallest absolute Gasteiger partial charge is 0.264 e. The van der Waals surface area contributed by atoms with Crippen LogP contribution in [0.5, 0.6) is 5.75 Å². The Bertz CT molecular complexity index is 826. The van der Waals surface area contributed by atoms with E-state index in [1.165, 1.54) is 14.7 Å². The summed E-state index contributed by atoms with van der Waals surface area (Å²) in [6.07, 6.45) is 0. The normalized spacial score (nSPS) is 10.8. The predicted molar refractivity (Wildman–Crippen MR) is 97.4 cm³/mol. The van der Waals surface area contributed by atoms with Crippen LogP contribution in [0.15, 0.2) is 40.9 Å². The molecule has 0 fully saturated rings. The van der Waals surface area contributed by atoms with Gasteiger partial charge in [0.15, 0.2) is 6.61 Å². The number of halogens is 1. The number of rotatable bonds is 4. The molecule has 5 heteroatoms. The molecule has 0 aliphatic heterocycles. The van der Waals surface area contributed by atoms with E-state index in [9.17, 15) is 0 Å². The molecule has 0 unspecified atom stereocenters. The summed E-state index contributed by atoms with van der Waals surface area (Å²) in [4.78, 5) is 4.39. The lowest BCUT2D eigenvalue weighted by Gasteiger charge is -2.10. The van der Waals surface area contributed by atoms with E-state index in [4.69, 9.17) is 9.26 Å². The molecule has 3 aromatic rings. The quantitative estimate of drug-likeness (QED) is 0.567. The molecule has 0 atom stereocenters. The van der Waals surface area contributed by atoms with E-state index in [1.54, 1.807) is 0 Å². The summed E-state index contributed by atoms with van der Waals surface area (Å²) >= 11 is 2.26. The number of hydrogen-bond acceptors (Lipinski definition) is 4. The van der Waals surface area contributed by atoms with Gasteiger partial charge in [0.05, 0.1) is 0 Å². The third-order valence-electron chi connectivity index (χ3n) is 3.69. The Morgan fingerprint density at radius 2 is 1.83 bits per heavy atom. The summed E-state index contributed by atoms with van der Waals surface area (Å²) in [6.45, 7) is 6.45. The molecular formula is C18H17IN2O2. The van der Waals surface area contributed by atoms with Crippen molar-refractivity contribution in [1.82, 2.24) is 10.1 Å². The van der Waals surface area contributed by atoms with Crippen LogP contribution in [0.4, 0.5) is 0 Å². The van der Waals surface area contributed by atoms with Gasteiger partial charge in [-0.1, -0.05) is 23.4 Å². The Morgan fingerprint density at radius 1 is 1.09 bits per heavy atom. The zero-order valence-corrected chi connectivity index (χ0v) is 15.4. The van der Waals surface area contributed by atoms with Crippen molar-refractivity contribution in [2.24, 2.45) is 0 Å². The van der Waals surface area contributed by atoms with Crippen LogP contribution in [0.2, 0.25) is 0 Å². The highest BCUT2D eigenvalue weighted by Gasteiger charge is 2.10. The number of benzene rings is 2. The van der Waals surface area contributed by atoms with E-state index in [-0.39, 0.29) is 6.61 Å². The number of hydrogen-bond donors (Lipinski definition) is 0. The fourth-order valence-corrected chi connectivity index (χ4v) is 2.68. The van der Waals surface area contributed by atoms with E-state index in [0.717, 1.165) is 16.9 Å². The summed E-state index contributed by atoms with van der Waals surface area (Å²) < 4.78 is 12.3. The molecule has 0 aliphatic carbocycles. The largest absolute Gasteiger partial charge is 0.483 e. The van der Waals surface area contributed by atoms with Gasteiger partial charge in [-0.25, -0.2) is 0 Å². The highest BCUT2D eigenvalue weighted by atomic mass is 127. The Labute approximate surface area is 149 Å². The fraction of sp³-hybridized carbons (Fsp3) is 0.222. The molecule has 0 bridgehead atoms. The number of ether oxygens (including phenoxy) is 1. The summed E-state index contributed by atoms with van der Waals surface area (Å²) in [5, 5.41) is 4.02. The van der Waals surface area contributed by atoms with Crippen molar-refractivity contribution < 1.29 is 9.26 Å². The van der Waals surface area contributed by atoms with Crippen molar-refractivity contribution in [3.63, 3.8) is 0 Å². The van der Waals surface area contributed by atoms with Crippen LogP contribution in [0, 0.1) is 24.3 Å². The van der Waals surface area contributed by atoms with Crippen molar-refractivity contribution >= 4 is 22.6 Å². The van der Waals surface area contributed by atoms with Crippen molar-refractivity contribution in [2.75, 3.05) is 0 Å². The van der Waals surface area contributed by atoms with Crippen molar-refractivity contribution in [3.05, 3.63) is 62.5 Å². The van der Waals surface area contributed by atoms with Crippen LogP contribution in [-0.2, 0) is 6.61 Å². The first-order valence-electron chi connectivity index (χ1n) is 7.32. The van der Waals surface area contributed by atoms with Gasteiger partial charge in [-0.15, -0.1) is 0 Å². The standard InChI is InChI=1S/C18H17IN2O2/c1-11-8-12(2)13(3)16(9-11)22-10-17-20-18(21-23-17)14-4-6-15(19)7-5-14/h4-9H,10H2,1-3H3. The number of aromatic nitrogens is 2. The highest BCUT2D eigenvalue weighted by molar-refractivity contribution is 14.1. The molecule has 23 heavy (non-hydrogen) atoms. The molecule has 0 N–H and O–H groups in total. The lowest BCUT2D eigenvalue weighted by molar-refractivity contribution is 0.241. The van der Waals surface area contributed by atoms with Crippen LogP contribution in [0.1, 0.15) is 22.6 Å². The van der Waals surface area contributed by atoms with Gasteiger partial charge in [0.25, 0.3) is 5.89 Å². The van der Waals surface area contributed by atoms with E-state index in [1.807, 2.05) is 30.3 Å². The van der Waals surface area contributed by atoms with Gasteiger partial charge in [0, 0.05) is 9.13 Å². The lowest BCUT2D eigenvalue weighted by Crippen LogP contribution is -1.99. The molecule has 0 aliphatic rings. The fourth-order valence-electron chi connectivity index (χ4n) is 2.32. The molecule has 2 aromatic carbocycles. The van der Waals surface area contributed by atoms with Crippen molar-refractivity contribution in [1.29, 1.82) is 0 Å². The average molecular weight is 420 g/mol. The summed E-state index contributed by atoms with van der Waals surface area (Å²) in [7, 11) is 0. The minimum atomic E-state index is 0.265. The van der Waals surface area contributed by atoms with Crippen molar-refractivity contribution in [3.8, 4) is 17.1 Å². The van der Waals surface area contributed by atoms with E-state index in [0.29, 0.717) is 11.7 Å². The van der Waals surface area contributed by atoms with Crippen LogP contribution < -0.4 is 4.74 Å². The molecule has 1 aromatic heterocycles. The van der Waals surface area contributed by atoms with Crippen LogP contribution in [-0.4, -0.2) is 10.1 Å². The monoisotopic (exact) mass is 420 g/mol. The molecular weight excluding hydrogens is 403 g/mol. The minimum Gasteiger partial charge on any atom is -0.483 e. The molecule has 0 saturated carbocycles.